The maximum atomic E-state index is 12.5. The third kappa shape index (κ3) is 4.58. The molecule has 0 saturated carbocycles. The number of fused-ring (bicyclic) bond motifs is 1. The topological polar surface area (TPSA) is 61.2 Å². The minimum absolute atomic E-state index is 0.000672. The summed E-state index contributed by atoms with van der Waals surface area (Å²) in [7, 11) is 0. The molecule has 2 aromatic rings. The fourth-order valence-corrected chi connectivity index (χ4v) is 3.80. The summed E-state index contributed by atoms with van der Waals surface area (Å²) in [6.07, 6.45) is 0.337. The van der Waals surface area contributed by atoms with Gasteiger partial charge in [-0.1, -0.05) is 23.7 Å². The van der Waals surface area contributed by atoms with Gasteiger partial charge in [-0.3, -0.25) is 4.79 Å². The molecule has 1 atom stereocenters. The van der Waals surface area contributed by atoms with Gasteiger partial charge in [0, 0.05) is 10.6 Å². The average Bonchev–Trinajstić information content (AvgIpc) is 3.19. The minimum Gasteiger partial charge on any atom is -0.454 e. The van der Waals surface area contributed by atoms with Crippen molar-refractivity contribution in [3.8, 4) is 11.5 Å². The van der Waals surface area contributed by atoms with Crippen molar-refractivity contribution in [1.29, 1.82) is 0 Å². The number of carbonyl (C=O) groups excluding carboxylic acids is 1. The van der Waals surface area contributed by atoms with Crippen molar-refractivity contribution in [2.24, 2.45) is 0 Å². The van der Waals surface area contributed by atoms with Crippen LogP contribution in [0.25, 0.3) is 0 Å². The highest BCUT2D eigenvalue weighted by atomic mass is 35.5. The predicted octanol–water partition coefficient (Wildman–Crippen LogP) is 1.38. The zero-order valence-electron chi connectivity index (χ0n) is 15.6. The predicted molar refractivity (Wildman–Crippen MR) is 105 cm³/mol. The number of hydrogen-bond donors (Lipinski definition) is 2. The van der Waals surface area contributed by atoms with E-state index in [-0.39, 0.29) is 18.7 Å². The Morgan fingerprint density at radius 1 is 1.07 bits per heavy atom. The summed E-state index contributed by atoms with van der Waals surface area (Å²) < 4.78 is 16.5. The SMILES string of the molecule is O=C(Cc1ccc(Cl)cc1)NC[C@@H](c1ccc2c(c1)OCO2)[NH+]1CCOCC1. The molecular formula is C21H24ClN2O4+. The van der Waals surface area contributed by atoms with Gasteiger partial charge in [-0.2, -0.15) is 0 Å². The third-order valence-corrected chi connectivity index (χ3v) is 5.46. The highest BCUT2D eigenvalue weighted by Crippen LogP contribution is 2.33. The number of morpholine rings is 1. The molecule has 4 rings (SSSR count). The number of quaternary nitrogens is 1. The molecule has 0 bridgehead atoms. The van der Waals surface area contributed by atoms with Gasteiger partial charge in [-0.15, -0.1) is 0 Å². The van der Waals surface area contributed by atoms with Crippen molar-refractivity contribution in [3.63, 3.8) is 0 Å². The maximum Gasteiger partial charge on any atom is 0.231 e. The molecular weight excluding hydrogens is 380 g/mol. The Morgan fingerprint density at radius 2 is 1.82 bits per heavy atom. The van der Waals surface area contributed by atoms with Gasteiger partial charge in [0.05, 0.1) is 26.2 Å². The summed E-state index contributed by atoms with van der Waals surface area (Å²) in [6, 6.07) is 13.5. The average molecular weight is 404 g/mol. The zero-order valence-corrected chi connectivity index (χ0v) is 16.3. The first-order valence-corrected chi connectivity index (χ1v) is 9.90. The summed E-state index contributed by atoms with van der Waals surface area (Å²) >= 11 is 5.91. The maximum absolute atomic E-state index is 12.5. The number of halogens is 1. The zero-order chi connectivity index (χ0) is 19.3. The molecule has 0 aliphatic carbocycles. The van der Waals surface area contributed by atoms with E-state index in [9.17, 15) is 4.79 Å². The van der Waals surface area contributed by atoms with Crippen LogP contribution in [-0.2, 0) is 16.0 Å². The summed E-state index contributed by atoms with van der Waals surface area (Å²) in [5, 5.41) is 3.77. The van der Waals surface area contributed by atoms with Crippen LogP contribution in [0.15, 0.2) is 42.5 Å². The van der Waals surface area contributed by atoms with Crippen LogP contribution in [0.2, 0.25) is 5.02 Å². The van der Waals surface area contributed by atoms with Gasteiger partial charge in [0.25, 0.3) is 0 Å². The lowest BCUT2D eigenvalue weighted by Gasteiger charge is -2.32. The van der Waals surface area contributed by atoms with E-state index in [0.29, 0.717) is 18.0 Å². The lowest BCUT2D eigenvalue weighted by Crippen LogP contribution is -3.15. The summed E-state index contributed by atoms with van der Waals surface area (Å²) in [4.78, 5) is 13.9. The summed E-state index contributed by atoms with van der Waals surface area (Å²) in [5.74, 6) is 1.54. The molecule has 1 fully saturated rings. The number of carbonyl (C=O) groups is 1. The van der Waals surface area contributed by atoms with Gasteiger partial charge in [0.1, 0.15) is 19.1 Å². The highest BCUT2D eigenvalue weighted by molar-refractivity contribution is 6.30. The van der Waals surface area contributed by atoms with E-state index in [4.69, 9.17) is 25.8 Å². The van der Waals surface area contributed by atoms with Crippen LogP contribution in [0.3, 0.4) is 0 Å². The van der Waals surface area contributed by atoms with Gasteiger partial charge < -0.3 is 24.4 Å². The van der Waals surface area contributed by atoms with Gasteiger partial charge in [-0.25, -0.2) is 0 Å². The molecule has 0 spiro atoms. The second kappa shape index (κ2) is 8.82. The van der Waals surface area contributed by atoms with Crippen molar-refractivity contribution in [3.05, 3.63) is 58.6 Å². The summed E-state index contributed by atoms with van der Waals surface area (Å²) in [5.41, 5.74) is 2.08. The number of ether oxygens (including phenoxy) is 3. The Morgan fingerprint density at radius 3 is 2.61 bits per heavy atom. The van der Waals surface area contributed by atoms with E-state index in [1.165, 1.54) is 4.90 Å². The van der Waals surface area contributed by atoms with Crippen LogP contribution < -0.4 is 19.7 Å². The number of rotatable bonds is 6. The molecule has 2 heterocycles. The molecule has 6 nitrogen and oxygen atoms in total. The van der Waals surface area contributed by atoms with Crippen LogP contribution in [0.4, 0.5) is 0 Å². The Balaban J connectivity index is 1.44. The van der Waals surface area contributed by atoms with E-state index in [1.807, 2.05) is 24.3 Å². The van der Waals surface area contributed by atoms with E-state index in [1.54, 1.807) is 12.1 Å². The van der Waals surface area contributed by atoms with Crippen LogP contribution in [0.1, 0.15) is 17.2 Å². The molecule has 1 saturated heterocycles. The van der Waals surface area contributed by atoms with Crippen LogP contribution in [0.5, 0.6) is 11.5 Å². The van der Waals surface area contributed by atoms with Gasteiger partial charge in [0.2, 0.25) is 12.7 Å². The number of hydrogen-bond acceptors (Lipinski definition) is 4. The van der Waals surface area contributed by atoms with Gasteiger partial charge in [0.15, 0.2) is 11.5 Å². The molecule has 0 radical (unpaired) electrons. The van der Waals surface area contributed by atoms with E-state index in [2.05, 4.69) is 11.4 Å². The molecule has 148 valence electrons. The largest absolute Gasteiger partial charge is 0.454 e. The lowest BCUT2D eigenvalue weighted by atomic mass is 10.0. The van der Waals surface area contributed by atoms with Crippen LogP contribution in [0, 0.1) is 0 Å². The number of amides is 1. The van der Waals surface area contributed by atoms with E-state index >= 15 is 0 Å². The minimum atomic E-state index is 0.000672. The molecule has 28 heavy (non-hydrogen) atoms. The molecule has 1 amide bonds. The summed E-state index contributed by atoms with van der Waals surface area (Å²) in [6.45, 7) is 4.09. The number of benzene rings is 2. The first-order valence-electron chi connectivity index (χ1n) is 9.52. The Bertz CT molecular complexity index is 822. The normalized spacial score (nSPS) is 17.3. The van der Waals surface area contributed by atoms with Crippen molar-refractivity contribution in [2.75, 3.05) is 39.6 Å². The molecule has 7 heteroatoms. The fraction of sp³-hybridized carbons (Fsp3) is 0.381. The van der Waals surface area contributed by atoms with Gasteiger partial charge in [-0.05, 0) is 35.9 Å². The van der Waals surface area contributed by atoms with Crippen molar-refractivity contribution in [1.82, 2.24) is 5.32 Å². The van der Waals surface area contributed by atoms with Gasteiger partial charge >= 0.3 is 0 Å². The molecule has 2 aliphatic rings. The fourth-order valence-electron chi connectivity index (χ4n) is 3.68. The molecule has 0 unspecified atom stereocenters. The second-order valence-electron chi connectivity index (χ2n) is 7.04. The standard InChI is InChI=1S/C21H23ClN2O4/c22-17-4-1-15(2-5-17)11-21(25)23-13-18(24-7-9-26-10-8-24)16-3-6-19-20(12-16)28-14-27-19/h1-6,12,18H,7-11,13-14H2,(H,23,25)/p+1/t18-/m0/s1. The Labute approximate surface area is 169 Å². The van der Waals surface area contributed by atoms with Crippen molar-refractivity contribution >= 4 is 17.5 Å². The third-order valence-electron chi connectivity index (χ3n) is 5.21. The smallest absolute Gasteiger partial charge is 0.231 e. The number of nitrogens with one attached hydrogen (secondary N) is 2. The lowest BCUT2D eigenvalue weighted by molar-refractivity contribution is -0.937. The van der Waals surface area contributed by atoms with E-state index < -0.39 is 0 Å². The quantitative estimate of drug-likeness (QED) is 0.765. The second-order valence-corrected chi connectivity index (χ2v) is 7.48. The Kier molecular flexibility index (Phi) is 6.00. The molecule has 0 aromatic heterocycles. The first kappa shape index (κ1) is 19.1. The highest BCUT2D eigenvalue weighted by Gasteiger charge is 2.28. The van der Waals surface area contributed by atoms with Crippen LogP contribution in [-0.4, -0.2) is 45.5 Å². The Hall–Kier alpha value is -2.28. The van der Waals surface area contributed by atoms with E-state index in [0.717, 1.165) is 48.9 Å². The van der Waals surface area contributed by atoms with Crippen LogP contribution >= 0.6 is 11.6 Å². The van der Waals surface area contributed by atoms with Crippen molar-refractivity contribution in [2.45, 2.75) is 12.5 Å². The van der Waals surface area contributed by atoms with Crippen molar-refractivity contribution < 1.29 is 23.9 Å². The molecule has 2 N–H and O–H groups in total. The first-order chi connectivity index (χ1) is 13.7. The monoisotopic (exact) mass is 403 g/mol. The molecule has 2 aliphatic heterocycles. The molecule has 2 aromatic carbocycles.